The first kappa shape index (κ1) is 6.56. The number of hydrogen-bond acceptors (Lipinski definition) is 0. The third-order valence-corrected chi connectivity index (χ3v) is 0.500. The molecule has 7 heavy (non-hydrogen) atoms. The predicted molar refractivity (Wildman–Crippen MR) is 32.9 cm³/mol. The van der Waals surface area contributed by atoms with Crippen molar-refractivity contribution in [2.45, 2.75) is 27.7 Å². The van der Waals surface area contributed by atoms with Crippen LogP contribution in [0, 0.1) is 17.3 Å². The van der Waals surface area contributed by atoms with E-state index in [1.807, 2.05) is 6.92 Å². The molecule has 0 N–H and O–H groups in total. The summed E-state index contributed by atoms with van der Waals surface area (Å²) in [5.41, 5.74) is 0.189. The van der Waals surface area contributed by atoms with Crippen LogP contribution in [-0.4, -0.2) is 0 Å². The zero-order valence-corrected chi connectivity index (χ0v) is 5.50. The molecule has 0 rings (SSSR count). The summed E-state index contributed by atoms with van der Waals surface area (Å²) in [7, 11) is 0. The molecule has 0 aliphatic carbocycles. The SMILES string of the molecule is CC#CC(C)(C)C. The molecule has 0 fully saturated rings. The first-order valence-electron chi connectivity index (χ1n) is 2.50. The van der Waals surface area contributed by atoms with E-state index in [9.17, 15) is 0 Å². The first-order valence-corrected chi connectivity index (χ1v) is 2.50. The second-order valence-corrected chi connectivity index (χ2v) is 2.62. The molecule has 0 bridgehead atoms. The van der Waals surface area contributed by atoms with Gasteiger partial charge in [-0.25, -0.2) is 0 Å². The van der Waals surface area contributed by atoms with Crippen molar-refractivity contribution in [1.82, 2.24) is 0 Å². The summed E-state index contributed by atoms with van der Waals surface area (Å²) in [6.45, 7) is 8.17. The molecule has 0 aliphatic heterocycles. The van der Waals surface area contributed by atoms with Gasteiger partial charge in [0.1, 0.15) is 0 Å². The van der Waals surface area contributed by atoms with Crippen molar-refractivity contribution in [3.63, 3.8) is 0 Å². The molecule has 40 valence electrons. The first-order chi connectivity index (χ1) is 3.06. The van der Waals surface area contributed by atoms with Crippen LogP contribution in [0.5, 0.6) is 0 Å². The van der Waals surface area contributed by atoms with Crippen molar-refractivity contribution in [3.05, 3.63) is 0 Å². The fourth-order valence-corrected chi connectivity index (χ4v) is 0.375. The van der Waals surface area contributed by atoms with Crippen LogP contribution in [0.25, 0.3) is 0 Å². The predicted octanol–water partition coefficient (Wildman–Crippen LogP) is 2.06. The zero-order chi connectivity index (χ0) is 5.91. The summed E-state index contributed by atoms with van der Waals surface area (Å²) in [4.78, 5) is 0. The van der Waals surface area contributed by atoms with E-state index in [0.717, 1.165) is 0 Å². The lowest BCUT2D eigenvalue weighted by atomic mass is 9.98. The maximum absolute atomic E-state index is 3.03. The van der Waals surface area contributed by atoms with Crippen LogP contribution < -0.4 is 0 Å². The normalized spacial score (nSPS) is 9.71. The van der Waals surface area contributed by atoms with E-state index >= 15 is 0 Å². The Morgan fingerprint density at radius 3 is 1.57 bits per heavy atom. The summed E-state index contributed by atoms with van der Waals surface area (Å²) in [6.07, 6.45) is 0. The summed E-state index contributed by atoms with van der Waals surface area (Å²) in [6, 6.07) is 0. The molecule has 0 radical (unpaired) electrons. The van der Waals surface area contributed by atoms with E-state index in [-0.39, 0.29) is 5.41 Å². The molecule has 0 saturated carbocycles. The van der Waals surface area contributed by atoms with E-state index in [0.29, 0.717) is 0 Å². The minimum atomic E-state index is 0.189. The molecule has 0 aliphatic rings. The van der Waals surface area contributed by atoms with Crippen molar-refractivity contribution in [2.24, 2.45) is 5.41 Å². The molecule has 0 saturated heterocycles. The van der Waals surface area contributed by atoms with Crippen molar-refractivity contribution in [1.29, 1.82) is 0 Å². The van der Waals surface area contributed by atoms with Gasteiger partial charge in [0, 0.05) is 5.41 Å². The Hall–Kier alpha value is -0.440. The Bertz CT molecular complexity index is 93.4. The minimum absolute atomic E-state index is 0.189. The third kappa shape index (κ3) is 5.56. The van der Waals surface area contributed by atoms with E-state index in [2.05, 4.69) is 32.6 Å². The minimum Gasteiger partial charge on any atom is -0.106 e. The molecule has 0 heteroatoms. The maximum atomic E-state index is 3.03. The highest BCUT2D eigenvalue weighted by Crippen LogP contribution is 2.09. The second-order valence-electron chi connectivity index (χ2n) is 2.62. The molecule has 0 aromatic carbocycles. The largest absolute Gasteiger partial charge is 0.106 e. The fourth-order valence-electron chi connectivity index (χ4n) is 0.375. The second kappa shape index (κ2) is 2.02. The average molecular weight is 96.2 g/mol. The number of rotatable bonds is 0. The van der Waals surface area contributed by atoms with Crippen molar-refractivity contribution >= 4 is 0 Å². The van der Waals surface area contributed by atoms with Gasteiger partial charge in [0.15, 0.2) is 0 Å². The van der Waals surface area contributed by atoms with Gasteiger partial charge in [-0.1, -0.05) is 5.92 Å². The molecule has 0 unspecified atom stereocenters. The van der Waals surface area contributed by atoms with Crippen LogP contribution in [0.2, 0.25) is 0 Å². The molecule has 0 aromatic rings. The highest BCUT2D eigenvalue weighted by molar-refractivity contribution is 5.04. The van der Waals surface area contributed by atoms with Crippen molar-refractivity contribution in [2.75, 3.05) is 0 Å². The van der Waals surface area contributed by atoms with E-state index in [1.165, 1.54) is 0 Å². The van der Waals surface area contributed by atoms with Gasteiger partial charge in [-0.05, 0) is 27.7 Å². The fraction of sp³-hybridized carbons (Fsp3) is 0.714. The highest BCUT2D eigenvalue weighted by atomic mass is 14.0. The van der Waals surface area contributed by atoms with Gasteiger partial charge in [0.25, 0.3) is 0 Å². The van der Waals surface area contributed by atoms with Gasteiger partial charge in [-0.2, -0.15) is 0 Å². The lowest BCUT2D eigenvalue weighted by Gasteiger charge is -2.05. The van der Waals surface area contributed by atoms with Crippen LogP contribution >= 0.6 is 0 Å². The van der Waals surface area contributed by atoms with Crippen LogP contribution in [0.4, 0.5) is 0 Å². The van der Waals surface area contributed by atoms with Crippen LogP contribution in [0.1, 0.15) is 27.7 Å². The van der Waals surface area contributed by atoms with Crippen LogP contribution in [0.15, 0.2) is 0 Å². The topological polar surface area (TPSA) is 0 Å². The standard InChI is InChI=1S/C7H12/c1-5-6-7(2,3)4/h1-4H3. The molecular formula is C7H12. The lowest BCUT2D eigenvalue weighted by molar-refractivity contribution is 0.571. The molecule has 0 spiro atoms. The van der Waals surface area contributed by atoms with Gasteiger partial charge in [0.2, 0.25) is 0 Å². The zero-order valence-electron chi connectivity index (χ0n) is 5.50. The molecule has 0 nitrogen and oxygen atoms in total. The van der Waals surface area contributed by atoms with Gasteiger partial charge in [-0.15, -0.1) is 5.92 Å². The quantitative estimate of drug-likeness (QED) is 0.405. The highest BCUT2D eigenvalue weighted by Gasteiger charge is 2.01. The Labute approximate surface area is 45.9 Å². The summed E-state index contributed by atoms with van der Waals surface area (Å²) in [5, 5.41) is 0. The molecule has 0 atom stereocenters. The maximum Gasteiger partial charge on any atom is 0.0230 e. The molecule has 0 heterocycles. The Morgan fingerprint density at radius 1 is 1.14 bits per heavy atom. The van der Waals surface area contributed by atoms with Crippen molar-refractivity contribution in [3.8, 4) is 11.8 Å². The van der Waals surface area contributed by atoms with Gasteiger partial charge in [0.05, 0.1) is 0 Å². The molecular weight excluding hydrogens is 84.1 g/mol. The monoisotopic (exact) mass is 96.1 g/mol. The summed E-state index contributed by atoms with van der Waals surface area (Å²) >= 11 is 0. The average Bonchev–Trinajstić information content (AvgIpc) is 1.30. The smallest absolute Gasteiger partial charge is 0.0230 e. The van der Waals surface area contributed by atoms with Gasteiger partial charge in [-0.3, -0.25) is 0 Å². The van der Waals surface area contributed by atoms with Crippen LogP contribution in [-0.2, 0) is 0 Å². The van der Waals surface area contributed by atoms with Crippen molar-refractivity contribution < 1.29 is 0 Å². The van der Waals surface area contributed by atoms with E-state index in [4.69, 9.17) is 0 Å². The molecule has 0 aromatic heterocycles. The Morgan fingerprint density at radius 2 is 1.57 bits per heavy atom. The Kier molecular flexibility index (Phi) is 1.90. The van der Waals surface area contributed by atoms with E-state index in [1.54, 1.807) is 0 Å². The Balaban J connectivity index is 3.72. The van der Waals surface area contributed by atoms with Gasteiger partial charge < -0.3 is 0 Å². The summed E-state index contributed by atoms with van der Waals surface area (Å²) < 4.78 is 0. The lowest BCUT2D eigenvalue weighted by Crippen LogP contribution is -1.98. The third-order valence-electron chi connectivity index (χ3n) is 0.500. The van der Waals surface area contributed by atoms with Crippen LogP contribution in [0.3, 0.4) is 0 Å². The molecule has 0 amide bonds. The summed E-state index contributed by atoms with van der Waals surface area (Å²) in [5.74, 6) is 5.89. The van der Waals surface area contributed by atoms with E-state index < -0.39 is 0 Å². The number of hydrogen-bond donors (Lipinski definition) is 0. The van der Waals surface area contributed by atoms with Gasteiger partial charge >= 0.3 is 0 Å².